The van der Waals surface area contributed by atoms with Gasteiger partial charge in [-0.3, -0.25) is 4.57 Å². The third-order valence-corrected chi connectivity index (χ3v) is 4.98. The van der Waals surface area contributed by atoms with E-state index < -0.39 is 24.0 Å². The number of rotatable bonds is 6. The highest BCUT2D eigenvalue weighted by molar-refractivity contribution is 5.89. The standard InChI is InChI=1S/C20H20F3N9O2/c1-10(2)14-8-34-19(33)32(14)18-29-12(4)28-17(30-18)27-11(3)13-7-31(9-26-13)16-6-24-15(5-25-16)20(21,22)23/h5-7,9,11,14H,1,8H2,2-4H3,(H,27,28,29,30)/t11-,14+/m0/s1. The predicted molar refractivity (Wildman–Crippen MR) is 113 cm³/mol. The number of aryl methyl sites for hydroxylation is 1. The van der Waals surface area contributed by atoms with E-state index >= 15 is 0 Å². The molecule has 3 aromatic rings. The fourth-order valence-corrected chi connectivity index (χ4v) is 3.20. The first-order valence-corrected chi connectivity index (χ1v) is 10.1. The quantitative estimate of drug-likeness (QED) is 0.535. The molecule has 0 aliphatic carbocycles. The molecule has 0 aromatic carbocycles. The van der Waals surface area contributed by atoms with Crippen molar-refractivity contribution in [1.29, 1.82) is 0 Å². The van der Waals surface area contributed by atoms with Crippen LogP contribution in [0, 0.1) is 6.92 Å². The first-order chi connectivity index (χ1) is 16.0. The second-order valence-electron chi connectivity index (χ2n) is 7.64. The molecule has 0 radical (unpaired) electrons. The fourth-order valence-electron chi connectivity index (χ4n) is 3.20. The molecule has 1 amide bonds. The van der Waals surface area contributed by atoms with Crippen LogP contribution in [0.15, 0.2) is 37.1 Å². The van der Waals surface area contributed by atoms with E-state index in [0.717, 1.165) is 11.8 Å². The molecule has 34 heavy (non-hydrogen) atoms. The molecule has 4 heterocycles. The molecule has 0 unspecified atom stereocenters. The summed E-state index contributed by atoms with van der Waals surface area (Å²) in [5.74, 6) is 0.892. The largest absolute Gasteiger partial charge is 0.447 e. The Hall–Kier alpha value is -4.10. The third-order valence-electron chi connectivity index (χ3n) is 4.98. The van der Waals surface area contributed by atoms with Gasteiger partial charge in [0.05, 0.1) is 30.2 Å². The van der Waals surface area contributed by atoms with Crippen LogP contribution < -0.4 is 10.2 Å². The number of hydrogen-bond donors (Lipinski definition) is 1. The van der Waals surface area contributed by atoms with Gasteiger partial charge >= 0.3 is 12.3 Å². The molecule has 1 aliphatic heterocycles. The number of nitrogens with zero attached hydrogens (tertiary/aromatic N) is 8. The molecule has 1 fully saturated rings. The van der Waals surface area contributed by atoms with Crippen LogP contribution in [0.1, 0.15) is 37.1 Å². The van der Waals surface area contributed by atoms with Crippen molar-refractivity contribution in [3.05, 3.63) is 54.3 Å². The van der Waals surface area contributed by atoms with E-state index in [9.17, 15) is 18.0 Å². The van der Waals surface area contributed by atoms with E-state index in [0.29, 0.717) is 17.7 Å². The van der Waals surface area contributed by atoms with Gasteiger partial charge in [-0.2, -0.15) is 28.1 Å². The number of ether oxygens (including phenoxy) is 1. The third kappa shape index (κ3) is 4.65. The zero-order valence-electron chi connectivity index (χ0n) is 18.4. The van der Waals surface area contributed by atoms with Gasteiger partial charge in [0.1, 0.15) is 18.8 Å². The Labute approximate surface area is 191 Å². The topological polar surface area (TPSA) is 124 Å². The number of imidazole rings is 1. The van der Waals surface area contributed by atoms with Crippen LogP contribution in [0.3, 0.4) is 0 Å². The number of nitrogens with one attached hydrogen (secondary N) is 1. The van der Waals surface area contributed by atoms with Gasteiger partial charge in [0.25, 0.3) is 0 Å². The zero-order valence-corrected chi connectivity index (χ0v) is 18.4. The van der Waals surface area contributed by atoms with Crippen molar-refractivity contribution in [3.63, 3.8) is 0 Å². The van der Waals surface area contributed by atoms with Gasteiger partial charge in [-0.25, -0.2) is 24.6 Å². The minimum absolute atomic E-state index is 0.128. The highest BCUT2D eigenvalue weighted by Gasteiger charge is 2.37. The summed E-state index contributed by atoms with van der Waals surface area (Å²) < 4.78 is 44.7. The number of aromatic nitrogens is 7. The van der Waals surface area contributed by atoms with Crippen molar-refractivity contribution < 1.29 is 22.7 Å². The summed E-state index contributed by atoms with van der Waals surface area (Å²) in [6.07, 6.45) is -0.462. The molecule has 1 aliphatic rings. The summed E-state index contributed by atoms with van der Waals surface area (Å²) in [6.45, 7) is 9.29. The molecule has 2 atom stereocenters. The van der Waals surface area contributed by atoms with Crippen LogP contribution in [-0.4, -0.2) is 53.2 Å². The molecule has 0 saturated carbocycles. The fraction of sp³-hybridized carbons (Fsp3) is 0.350. The average Bonchev–Trinajstić information content (AvgIpc) is 3.40. The number of amides is 1. The number of hydrogen-bond acceptors (Lipinski definition) is 9. The zero-order chi connectivity index (χ0) is 24.6. The molecule has 0 bridgehead atoms. The Morgan fingerprint density at radius 3 is 2.65 bits per heavy atom. The summed E-state index contributed by atoms with van der Waals surface area (Å²) in [5.41, 5.74) is 0.189. The van der Waals surface area contributed by atoms with Crippen molar-refractivity contribution in [3.8, 4) is 5.82 Å². The maximum absolute atomic E-state index is 12.7. The second kappa shape index (κ2) is 8.68. The van der Waals surface area contributed by atoms with E-state index in [2.05, 4.69) is 41.8 Å². The lowest BCUT2D eigenvalue weighted by molar-refractivity contribution is -0.141. The number of carbonyl (C=O) groups is 1. The van der Waals surface area contributed by atoms with Crippen molar-refractivity contribution in [2.24, 2.45) is 0 Å². The summed E-state index contributed by atoms with van der Waals surface area (Å²) in [5, 5.41) is 3.09. The second-order valence-corrected chi connectivity index (χ2v) is 7.64. The SMILES string of the molecule is C=C(C)[C@H]1COC(=O)N1c1nc(C)nc(N[C@@H](C)c2cn(-c3cnc(C(F)(F)F)cn3)cn2)n1. The smallest absolute Gasteiger partial charge is 0.434 e. The normalized spacial score (nSPS) is 16.9. The molecule has 0 spiro atoms. The first kappa shape index (κ1) is 23.1. The molecule has 3 aromatic heterocycles. The first-order valence-electron chi connectivity index (χ1n) is 10.1. The van der Waals surface area contributed by atoms with E-state index in [-0.39, 0.29) is 30.4 Å². The minimum Gasteiger partial charge on any atom is -0.447 e. The number of halogens is 3. The number of alkyl halides is 3. The average molecular weight is 475 g/mol. The van der Waals surface area contributed by atoms with Crippen LogP contribution in [0.4, 0.5) is 29.9 Å². The van der Waals surface area contributed by atoms with Gasteiger partial charge in [0.2, 0.25) is 11.9 Å². The van der Waals surface area contributed by atoms with E-state index in [4.69, 9.17) is 4.74 Å². The summed E-state index contributed by atoms with van der Waals surface area (Å²) in [4.78, 5) is 37.9. The molecule has 178 valence electrons. The summed E-state index contributed by atoms with van der Waals surface area (Å²) in [6, 6.07) is -0.791. The molecule has 1 N–H and O–H groups in total. The van der Waals surface area contributed by atoms with Crippen LogP contribution in [-0.2, 0) is 10.9 Å². The predicted octanol–water partition coefficient (Wildman–Crippen LogP) is 3.25. The maximum atomic E-state index is 12.7. The summed E-state index contributed by atoms with van der Waals surface area (Å²) in [7, 11) is 0. The Kier molecular flexibility index (Phi) is 5.89. The Morgan fingerprint density at radius 2 is 2.00 bits per heavy atom. The van der Waals surface area contributed by atoms with Crippen LogP contribution >= 0.6 is 0 Å². The molecular formula is C20H20F3N9O2. The van der Waals surface area contributed by atoms with Crippen LogP contribution in [0.25, 0.3) is 5.82 Å². The molecule has 11 nitrogen and oxygen atoms in total. The lowest BCUT2D eigenvalue weighted by atomic mass is 10.1. The molecule has 1 saturated heterocycles. The van der Waals surface area contributed by atoms with E-state index in [1.165, 1.54) is 15.8 Å². The van der Waals surface area contributed by atoms with Gasteiger partial charge in [-0.15, -0.1) is 0 Å². The van der Waals surface area contributed by atoms with Crippen molar-refractivity contribution in [2.75, 3.05) is 16.8 Å². The molecular weight excluding hydrogens is 455 g/mol. The highest BCUT2D eigenvalue weighted by atomic mass is 19.4. The van der Waals surface area contributed by atoms with Crippen molar-refractivity contribution in [2.45, 2.75) is 39.0 Å². The Balaban J connectivity index is 1.53. The van der Waals surface area contributed by atoms with Gasteiger partial charge < -0.3 is 10.1 Å². The highest BCUT2D eigenvalue weighted by Crippen LogP contribution is 2.27. The monoisotopic (exact) mass is 475 g/mol. The Morgan fingerprint density at radius 1 is 1.24 bits per heavy atom. The van der Waals surface area contributed by atoms with Crippen LogP contribution in [0.5, 0.6) is 0 Å². The van der Waals surface area contributed by atoms with Gasteiger partial charge in [0, 0.05) is 6.20 Å². The number of carbonyl (C=O) groups excluding carboxylic acids is 1. The maximum Gasteiger partial charge on any atom is 0.434 e. The van der Waals surface area contributed by atoms with Gasteiger partial charge in [0.15, 0.2) is 11.5 Å². The number of cyclic esters (lactones) is 1. The number of anilines is 2. The minimum atomic E-state index is -4.57. The molecule has 4 rings (SSSR count). The van der Waals surface area contributed by atoms with Crippen LogP contribution in [0.2, 0.25) is 0 Å². The lowest BCUT2D eigenvalue weighted by Crippen LogP contribution is -2.36. The van der Waals surface area contributed by atoms with Crippen molar-refractivity contribution >= 4 is 18.0 Å². The van der Waals surface area contributed by atoms with E-state index in [1.807, 2.05) is 0 Å². The van der Waals surface area contributed by atoms with Gasteiger partial charge in [-0.05, 0) is 20.8 Å². The van der Waals surface area contributed by atoms with Crippen molar-refractivity contribution in [1.82, 2.24) is 34.5 Å². The van der Waals surface area contributed by atoms with Gasteiger partial charge in [-0.1, -0.05) is 12.2 Å². The lowest BCUT2D eigenvalue weighted by Gasteiger charge is -2.20. The summed E-state index contributed by atoms with van der Waals surface area (Å²) >= 11 is 0. The Bertz CT molecular complexity index is 1230. The molecule has 14 heteroatoms. The van der Waals surface area contributed by atoms with E-state index in [1.54, 1.807) is 27.0 Å².